The van der Waals surface area contributed by atoms with Crippen molar-refractivity contribution in [2.75, 3.05) is 0 Å². The van der Waals surface area contributed by atoms with E-state index in [-0.39, 0.29) is 0 Å². The molecule has 0 fully saturated rings. The second-order valence-corrected chi connectivity index (χ2v) is 11.4. The predicted octanol–water partition coefficient (Wildman–Crippen LogP) is 8.48. The number of para-hydroxylation sites is 1. The SMILES string of the molecule is Cc1cc(-c2cncc(-c3nc4c(s3)CCC=C4)c2)cc(-c2cncc(-c3nc4ccccc4s3)c2)c1. The first-order valence-corrected chi connectivity index (χ1v) is 13.9. The van der Waals surface area contributed by atoms with Crippen LogP contribution in [0.2, 0.25) is 0 Å². The summed E-state index contributed by atoms with van der Waals surface area (Å²) in [6.07, 6.45) is 14.2. The molecule has 2 aromatic carbocycles. The maximum absolute atomic E-state index is 4.87. The summed E-state index contributed by atoms with van der Waals surface area (Å²) < 4.78 is 1.19. The Bertz CT molecular complexity index is 1780. The molecule has 0 saturated carbocycles. The van der Waals surface area contributed by atoms with Gasteiger partial charge in [0, 0.05) is 51.9 Å². The zero-order valence-electron chi connectivity index (χ0n) is 20.2. The highest BCUT2D eigenvalue weighted by Gasteiger charge is 2.14. The van der Waals surface area contributed by atoms with E-state index in [0.29, 0.717) is 0 Å². The standard InChI is InChI=1S/C31H22N4S2/c1-19-10-20(22-13-24(17-32-15-22)30-34-26-6-2-4-8-28(26)36-30)12-21(11-19)23-14-25(18-33-16-23)31-35-27-7-3-5-9-29(27)37-31/h2-4,6-8,10-18H,5,9H2,1H3. The van der Waals surface area contributed by atoms with Crippen molar-refractivity contribution in [3.63, 3.8) is 0 Å². The van der Waals surface area contributed by atoms with Gasteiger partial charge >= 0.3 is 0 Å². The van der Waals surface area contributed by atoms with Gasteiger partial charge in [-0.25, -0.2) is 9.97 Å². The Labute approximate surface area is 223 Å². The Balaban J connectivity index is 1.25. The van der Waals surface area contributed by atoms with Gasteiger partial charge in [0.15, 0.2) is 0 Å². The minimum Gasteiger partial charge on any atom is -0.263 e. The number of nitrogens with zero attached hydrogens (tertiary/aromatic N) is 4. The highest BCUT2D eigenvalue weighted by Crippen LogP contribution is 2.36. The average molecular weight is 515 g/mol. The van der Waals surface area contributed by atoms with Crippen molar-refractivity contribution in [2.45, 2.75) is 19.8 Å². The van der Waals surface area contributed by atoms with Crippen LogP contribution in [0.5, 0.6) is 0 Å². The van der Waals surface area contributed by atoms with E-state index in [0.717, 1.165) is 67.4 Å². The van der Waals surface area contributed by atoms with Gasteiger partial charge in [-0.2, -0.15) is 0 Å². The second-order valence-electron chi connectivity index (χ2n) is 9.27. The molecule has 0 saturated heterocycles. The molecule has 0 unspecified atom stereocenters. The molecule has 0 amide bonds. The third-order valence-electron chi connectivity index (χ3n) is 6.55. The van der Waals surface area contributed by atoms with Crippen LogP contribution in [0, 0.1) is 6.92 Å². The number of fused-ring (bicyclic) bond motifs is 2. The number of aryl methyl sites for hydroxylation is 2. The van der Waals surface area contributed by atoms with Crippen LogP contribution >= 0.6 is 22.7 Å². The zero-order valence-corrected chi connectivity index (χ0v) is 21.8. The number of rotatable bonds is 4. The smallest absolute Gasteiger partial charge is 0.126 e. The number of hydrogen-bond donors (Lipinski definition) is 0. The fraction of sp³-hybridized carbons (Fsp3) is 0.0968. The third kappa shape index (κ3) is 4.28. The molecule has 0 N–H and O–H groups in total. The number of thiazole rings is 2. The molecule has 4 heterocycles. The van der Waals surface area contributed by atoms with Crippen molar-refractivity contribution in [1.82, 2.24) is 19.9 Å². The van der Waals surface area contributed by atoms with Gasteiger partial charge in [-0.05, 0) is 72.9 Å². The predicted molar refractivity (Wildman–Crippen MR) is 155 cm³/mol. The van der Waals surface area contributed by atoms with Crippen LogP contribution in [0.15, 0.2) is 85.5 Å². The molecule has 7 rings (SSSR count). The largest absolute Gasteiger partial charge is 0.263 e. The molecule has 4 nitrogen and oxygen atoms in total. The van der Waals surface area contributed by atoms with Crippen LogP contribution in [0.25, 0.3) is 59.7 Å². The molecule has 0 radical (unpaired) electrons. The van der Waals surface area contributed by atoms with Crippen molar-refractivity contribution >= 4 is 39.0 Å². The summed E-state index contributed by atoms with van der Waals surface area (Å²) in [7, 11) is 0. The van der Waals surface area contributed by atoms with Crippen molar-refractivity contribution < 1.29 is 0 Å². The average Bonchev–Trinajstić information content (AvgIpc) is 3.58. The van der Waals surface area contributed by atoms with Gasteiger partial charge in [0.25, 0.3) is 0 Å². The van der Waals surface area contributed by atoms with Crippen LogP contribution in [0.4, 0.5) is 0 Å². The lowest BCUT2D eigenvalue weighted by molar-refractivity contribution is 1.00. The van der Waals surface area contributed by atoms with Crippen molar-refractivity contribution in [3.05, 3.63) is 102 Å². The molecule has 37 heavy (non-hydrogen) atoms. The lowest BCUT2D eigenvalue weighted by Crippen LogP contribution is -1.89. The molecule has 6 heteroatoms. The molecule has 1 aliphatic rings. The normalized spacial score (nSPS) is 12.7. The Morgan fingerprint density at radius 3 is 2.03 bits per heavy atom. The van der Waals surface area contributed by atoms with Crippen LogP contribution in [0.1, 0.15) is 22.6 Å². The molecule has 6 aromatic rings. The molecule has 0 aliphatic heterocycles. The monoisotopic (exact) mass is 514 g/mol. The van der Waals surface area contributed by atoms with Crippen molar-refractivity contribution in [1.29, 1.82) is 0 Å². The number of pyridine rings is 2. The molecule has 178 valence electrons. The van der Waals surface area contributed by atoms with E-state index >= 15 is 0 Å². The highest BCUT2D eigenvalue weighted by molar-refractivity contribution is 7.21. The molecule has 4 aromatic heterocycles. The quantitative estimate of drug-likeness (QED) is 0.237. The first-order valence-electron chi connectivity index (χ1n) is 12.2. The molecular formula is C31H22N4S2. The first-order chi connectivity index (χ1) is 18.2. The fourth-order valence-corrected chi connectivity index (χ4v) is 6.74. The van der Waals surface area contributed by atoms with Crippen LogP contribution in [-0.2, 0) is 6.42 Å². The summed E-state index contributed by atoms with van der Waals surface area (Å²) in [5, 5.41) is 2.02. The Kier molecular flexibility index (Phi) is 5.49. The number of allylic oxidation sites excluding steroid dienone is 1. The Hall–Kier alpha value is -4.00. The van der Waals surface area contributed by atoms with E-state index in [1.54, 1.807) is 22.7 Å². The lowest BCUT2D eigenvalue weighted by Gasteiger charge is -2.10. The van der Waals surface area contributed by atoms with Crippen molar-refractivity contribution in [2.24, 2.45) is 0 Å². The van der Waals surface area contributed by atoms with Gasteiger partial charge < -0.3 is 0 Å². The van der Waals surface area contributed by atoms with Crippen LogP contribution in [-0.4, -0.2) is 19.9 Å². The van der Waals surface area contributed by atoms with Crippen LogP contribution in [0.3, 0.4) is 0 Å². The van der Waals surface area contributed by atoms with Gasteiger partial charge in [0.1, 0.15) is 10.0 Å². The lowest BCUT2D eigenvalue weighted by atomic mass is 9.97. The molecule has 0 bridgehead atoms. The summed E-state index contributed by atoms with van der Waals surface area (Å²) in [5.74, 6) is 0. The second kappa shape index (κ2) is 9.14. The van der Waals surface area contributed by atoms with Crippen molar-refractivity contribution in [3.8, 4) is 43.4 Å². The van der Waals surface area contributed by atoms with Crippen LogP contribution < -0.4 is 0 Å². The van der Waals surface area contributed by atoms with E-state index < -0.39 is 0 Å². The van der Waals surface area contributed by atoms with Gasteiger partial charge in [-0.3, -0.25) is 9.97 Å². The highest BCUT2D eigenvalue weighted by atomic mass is 32.1. The van der Waals surface area contributed by atoms with Gasteiger partial charge in [0.2, 0.25) is 0 Å². The number of aromatic nitrogens is 4. The minimum atomic E-state index is 0.987. The minimum absolute atomic E-state index is 0.987. The molecule has 0 spiro atoms. The zero-order chi connectivity index (χ0) is 24.8. The van der Waals surface area contributed by atoms with E-state index in [2.05, 4.69) is 77.6 Å². The Morgan fingerprint density at radius 1 is 0.676 bits per heavy atom. The summed E-state index contributed by atoms with van der Waals surface area (Å²) in [4.78, 5) is 20.2. The van der Waals surface area contributed by atoms with E-state index in [1.807, 2.05) is 30.9 Å². The molecule has 0 atom stereocenters. The van der Waals surface area contributed by atoms with E-state index in [9.17, 15) is 0 Å². The van der Waals surface area contributed by atoms with Gasteiger partial charge in [-0.1, -0.05) is 30.3 Å². The molecule has 1 aliphatic carbocycles. The first kappa shape index (κ1) is 22.2. The Morgan fingerprint density at radius 2 is 1.32 bits per heavy atom. The number of hydrogen-bond acceptors (Lipinski definition) is 6. The summed E-state index contributed by atoms with van der Waals surface area (Å²) in [6.45, 7) is 2.14. The van der Waals surface area contributed by atoms with Gasteiger partial charge in [0.05, 0.1) is 15.9 Å². The summed E-state index contributed by atoms with van der Waals surface area (Å²) in [6, 6.07) is 19.3. The topological polar surface area (TPSA) is 51.6 Å². The maximum atomic E-state index is 4.87. The fourth-order valence-electron chi connectivity index (χ4n) is 4.75. The van der Waals surface area contributed by atoms with E-state index in [4.69, 9.17) is 9.97 Å². The van der Waals surface area contributed by atoms with E-state index in [1.165, 1.54) is 15.1 Å². The molecular weight excluding hydrogens is 493 g/mol. The number of benzene rings is 2. The summed E-state index contributed by atoms with van der Waals surface area (Å²) in [5.41, 5.74) is 9.84. The third-order valence-corrected chi connectivity index (χ3v) is 8.82. The van der Waals surface area contributed by atoms with Gasteiger partial charge in [-0.15, -0.1) is 22.7 Å². The summed E-state index contributed by atoms with van der Waals surface area (Å²) >= 11 is 3.48. The maximum Gasteiger partial charge on any atom is 0.126 e.